The van der Waals surface area contributed by atoms with Crippen molar-refractivity contribution in [3.05, 3.63) is 23.3 Å². The van der Waals surface area contributed by atoms with Crippen LogP contribution in [0.25, 0.3) is 0 Å². The topological polar surface area (TPSA) is 47.0 Å². The molecular formula is C14H25N3O. The van der Waals surface area contributed by atoms with Gasteiger partial charge in [-0.05, 0) is 40.2 Å². The maximum absolute atomic E-state index is 5.48. The van der Waals surface area contributed by atoms with Crippen molar-refractivity contribution in [3.63, 3.8) is 0 Å². The monoisotopic (exact) mass is 251 g/mol. The summed E-state index contributed by atoms with van der Waals surface area (Å²) in [5.74, 6) is 0.772. The van der Waals surface area contributed by atoms with Crippen molar-refractivity contribution in [1.82, 2.24) is 15.3 Å². The summed E-state index contributed by atoms with van der Waals surface area (Å²) < 4.78 is 5.48. The number of ether oxygens (including phenoxy) is 1. The average Bonchev–Trinajstić information content (AvgIpc) is 2.25. The Morgan fingerprint density at radius 2 is 2.00 bits per heavy atom. The van der Waals surface area contributed by atoms with Gasteiger partial charge < -0.3 is 10.1 Å². The molecule has 1 aromatic heterocycles. The van der Waals surface area contributed by atoms with E-state index in [1.165, 1.54) is 0 Å². The predicted octanol–water partition coefficient (Wildman–Crippen LogP) is 2.60. The van der Waals surface area contributed by atoms with Gasteiger partial charge in [0.25, 0.3) is 0 Å². The molecule has 1 aromatic rings. The Labute approximate surface area is 110 Å². The van der Waals surface area contributed by atoms with Crippen LogP contribution in [0.4, 0.5) is 0 Å². The molecule has 0 atom stereocenters. The fraction of sp³-hybridized carbons (Fsp3) is 0.714. The van der Waals surface area contributed by atoms with E-state index in [2.05, 4.69) is 43.0 Å². The summed E-state index contributed by atoms with van der Waals surface area (Å²) in [5, 5.41) is 3.43. The zero-order valence-electron chi connectivity index (χ0n) is 12.2. The second-order valence-corrected chi connectivity index (χ2v) is 5.57. The highest BCUT2D eigenvalue weighted by Gasteiger charge is 2.10. The van der Waals surface area contributed by atoms with Gasteiger partial charge in [0, 0.05) is 24.4 Å². The SMILES string of the molecule is CCCOCc1nc(C)cc(CNC(C)(C)C)n1. The van der Waals surface area contributed by atoms with Gasteiger partial charge in [-0.25, -0.2) is 9.97 Å². The number of aryl methyl sites for hydroxylation is 1. The van der Waals surface area contributed by atoms with Crippen molar-refractivity contribution < 1.29 is 4.74 Å². The largest absolute Gasteiger partial charge is 0.373 e. The van der Waals surface area contributed by atoms with Crippen LogP contribution in [-0.4, -0.2) is 22.1 Å². The average molecular weight is 251 g/mol. The van der Waals surface area contributed by atoms with Gasteiger partial charge in [0.2, 0.25) is 0 Å². The maximum atomic E-state index is 5.48. The molecule has 0 spiro atoms. The number of rotatable bonds is 6. The van der Waals surface area contributed by atoms with Gasteiger partial charge in [-0.15, -0.1) is 0 Å². The van der Waals surface area contributed by atoms with Crippen LogP contribution in [0.3, 0.4) is 0 Å². The van der Waals surface area contributed by atoms with Crippen molar-refractivity contribution in [2.45, 2.75) is 59.7 Å². The molecule has 1 rings (SSSR count). The molecule has 102 valence electrons. The Balaban J connectivity index is 2.62. The second-order valence-electron chi connectivity index (χ2n) is 5.57. The lowest BCUT2D eigenvalue weighted by Gasteiger charge is -2.20. The van der Waals surface area contributed by atoms with Gasteiger partial charge in [-0.1, -0.05) is 6.92 Å². The minimum atomic E-state index is 0.0950. The van der Waals surface area contributed by atoms with E-state index in [9.17, 15) is 0 Å². The van der Waals surface area contributed by atoms with Crippen molar-refractivity contribution in [3.8, 4) is 0 Å². The Bertz CT molecular complexity index is 372. The molecular weight excluding hydrogens is 226 g/mol. The minimum Gasteiger partial charge on any atom is -0.373 e. The lowest BCUT2D eigenvalue weighted by Crippen LogP contribution is -2.35. The molecule has 0 aliphatic rings. The Hall–Kier alpha value is -1.00. The summed E-state index contributed by atoms with van der Waals surface area (Å²) in [6, 6.07) is 2.02. The van der Waals surface area contributed by atoms with Crippen LogP contribution < -0.4 is 5.32 Å². The number of hydrogen-bond donors (Lipinski definition) is 1. The molecule has 0 aliphatic heterocycles. The zero-order chi connectivity index (χ0) is 13.6. The highest BCUT2D eigenvalue weighted by molar-refractivity contribution is 5.10. The normalized spacial score (nSPS) is 11.8. The molecule has 4 heteroatoms. The second kappa shape index (κ2) is 6.81. The van der Waals surface area contributed by atoms with E-state index in [0.29, 0.717) is 6.61 Å². The molecule has 0 saturated heterocycles. The zero-order valence-corrected chi connectivity index (χ0v) is 12.2. The number of nitrogens with one attached hydrogen (secondary N) is 1. The molecule has 1 heterocycles. The van der Waals surface area contributed by atoms with E-state index >= 15 is 0 Å². The maximum Gasteiger partial charge on any atom is 0.154 e. The molecule has 0 fully saturated rings. The highest BCUT2D eigenvalue weighted by atomic mass is 16.5. The fourth-order valence-electron chi connectivity index (χ4n) is 1.52. The predicted molar refractivity (Wildman–Crippen MR) is 73.3 cm³/mol. The summed E-state index contributed by atoms with van der Waals surface area (Å²) in [5.41, 5.74) is 2.11. The molecule has 0 unspecified atom stereocenters. The number of aromatic nitrogens is 2. The smallest absolute Gasteiger partial charge is 0.154 e. The Kier molecular flexibility index (Phi) is 5.69. The van der Waals surface area contributed by atoms with E-state index < -0.39 is 0 Å². The Morgan fingerprint density at radius 1 is 1.28 bits per heavy atom. The summed E-state index contributed by atoms with van der Waals surface area (Å²) in [6.45, 7) is 12.5. The molecule has 18 heavy (non-hydrogen) atoms. The molecule has 0 aliphatic carbocycles. The van der Waals surface area contributed by atoms with Crippen LogP contribution in [0.1, 0.15) is 51.3 Å². The van der Waals surface area contributed by atoms with E-state index in [1.807, 2.05) is 13.0 Å². The van der Waals surface area contributed by atoms with Gasteiger partial charge in [0.1, 0.15) is 6.61 Å². The van der Waals surface area contributed by atoms with Crippen molar-refractivity contribution in [1.29, 1.82) is 0 Å². The van der Waals surface area contributed by atoms with Crippen LogP contribution in [0.5, 0.6) is 0 Å². The summed E-state index contributed by atoms with van der Waals surface area (Å²) in [4.78, 5) is 8.90. The third-order valence-electron chi connectivity index (χ3n) is 2.33. The Morgan fingerprint density at radius 3 is 2.61 bits per heavy atom. The van der Waals surface area contributed by atoms with Gasteiger partial charge in [0.05, 0.1) is 5.69 Å². The first-order valence-corrected chi connectivity index (χ1v) is 6.57. The van der Waals surface area contributed by atoms with Crippen molar-refractivity contribution >= 4 is 0 Å². The summed E-state index contributed by atoms with van der Waals surface area (Å²) >= 11 is 0. The van der Waals surface area contributed by atoms with E-state index in [0.717, 1.165) is 36.8 Å². The summed E-state index contributed by atoms with van der Waals surface area (Å²) in [7, 11) is 0. The lowest BCUT2D eigenvalue weighted by molar-refractivity contribution is 0.115. The van der Waals surface area contributed by atoms with Crippen LogP contribution in [0.15, 0.2) is 6.07 Å². The number of nitrogens with zero attached hydrogens (tertiary/aromatic N) is 2. The molecule has 0 radical (unpaired) electrons. The first kappa shape index (κ1) is 15.1. The lowest BCUT2D eigenvalue weighted by atomic mass is 10.1. The third-order valence-corrected chi connectivity index (χ3v) is 2.33. The van der Waals surface area contributed by atoms with Crippen LogP contribution in [0, 0.1) is 6.92 Å². The van der Waals surface area contributed by atoms with Crippen LogP contribution in [0.2, 0.25) is 0 Å². The minimum absolute atomic E-state index is 0.0950. The standard InChI is InChI=1S/C14H25N3O/c1-6-7-18-10-13-16-11(2)8-12(17-13)9-15-14(3,4)5/h8,15H,6-7,9-10H2,1-5H3. The number of hydrogen-bond acceptors (Lipinski definition) is 4. The highest BCUT2D eigenvalue weighted by Crippen LogP contribution is 2.05. The first-order chi connectivity index (χ1) is 8.40. The first-order valence-electron chi connectivity index (χ1n) is 6.57. The summed E-state index contributed by atoms with van der Waals surface area (Å²) in [6.07, 6.45) is 1.02. The van der Waals surface area contributed by atoms with Gasteiger partial charge >= 0.3 is 0 Å². The van der Waals surface area contributed by atoms with Crippen LogP contribution >= 0.6 is 0 Å². The van der Waals surface area contributed by atoms with E-state index in [1.54, 1.807) is 0 Å². The van der Waals surface area contributed by atoms with Crippen molar-refractivity contribution in [2.75, 3.05) is 6.61 Å². The van der Waals surface area contributed by atoms with E-state index in [-0.39, 0.29) is 5.54 Å². The molecule has 4 nitrogen and oxygen atoms in total. The molecule has 0 amide bonds. The molecule has 0 saturated carbocycles. The quantitative estimate of drug-likeness (QED) is 0.789. The molecule has 0 aromatic carbocycles. The van der Waals surface area contributed by atoms with E-state index in [4.69, 9.17) is 4.74 Å². The van der Waals surface area contributed by atoms with Crippen molar-refractivity contribution in [2.24, 2.45) is 0 Å². The van der Waals surface area contributed by atoms with Gasteiger partial charge in [-0.3, -0.25) is 0 Å². The molecule has 1 N–H and O–H groups in total. The third kappa shape index (κ3) is 6.07. The van der Waals surface area contributed by atoms with Gasteiger partial charge in [-0.2, -0.15) is 0 Å². The molecule has 0 bridgehead atoms. The van der Waals surface area contributed by atoms with Crippen LogP contribution in [-0.2, 0) is 17.9 Å². The van der Waals surface area contributed by atoms with Gasteiger partial charge in [0.15, 0.2) is 5.82 Å². The fourth-order valence-corrected chi connectivity index (χ4v) is 1.52.